The first kappa shape index (κ1) is 15.4. The van der Waals surface area contributed by atoms with Crippen LogP contribution in [0.25, 0.3) is 0 Å². The molecule has 20 heavy (non-hydrogen) atoms. The summed E-state index contributed by atoms with van der Waals surface area (Å²) < 4.78 is 9.24. The fourth-order valence-corrected chi connectivity index (χ4v) is 1.50. The van der Waals surface area contributed by atoms with Crippen molar-refractivity contribution in [3.63, 3.8) is 0 Å². The molecule has 0 aromatic heterocycles. The zero-order valence-corrected chi connectivity index (χ0v) is 11.1. The van der Waals surface area contributed by atoms with Crippen LogP contribution in [-0.4, -0.2) is 36.9 Å². The van der Waals surface area contributed by atoms with E-state index in [-0.39, 0.29) is 5.56 Å². The number of hydrogen-bond acceptors (Lipinski definition) is 6. The number of carbonyl (C=O) groups excluding carboxylic acids is 3. The van der Waals surface area contributed by atoms with Gasteiger partial charge in [-0.2, -0.15) is 0 Å². The molecule has 6 nitrogen and oxygen atoms in total. The van der Waals surface area contributed by atoms with E-state index in [0.29, 0.717) is 11.8 Å². The number of ketones is 2. The van der Waals surface area contributed by atoms with Gasteiger partial charge < -0.3 is 14.6 Å². The molecule has 0 aliphatic rings. The van der Waals surface area contributed by atoms with Crippen LogP contribution in [0.5, 0.6) is 5.75 Å². The van der Waals surface area contributed by atoms with E-state index in [4.69, 9.17) is 4.74 Å². The van der Waals surface area contributed by atoms with Gasteiger partial charge in [-0.05, 0) is 12.1 Å². The predicted octanol–water partition coefficient (Wildman–Crippen LogP) is 1.45. The first-order chi connectivity index (χ1) is 9.49. The molecule has 0 saturated heterocycles. The molecule has 106 valence electrons. The van der Waals surface area contributed by atoms with Crippen molar-refractivity contribution in [3.8, 4) is 5.75 Å². The molecule has 6 heteroatoms. The van der Waals surface area contributed by atoms with E-state index in [0.717, 1.165) is 7.11 Å². The van der Waals surface area contributed by atoms with E-state index in [1.54, 1.807) is 18.2 Å². The van der Waals surface area contributed by atoms with Crippen molar-refractivity contribution in [2.75, 3.05) is 14.2 Å². The Morgan fingerprint density at radius 3 is 2.45 bits per heavy atom. The van der Waals surface area contributed by atoms with Crippen LogP contribution < -0.4 is 4.74 Å². The van der Waals surface area contributed by atoms with E-state index in [9.17, 15) is 19.5 Å². The van der Waals surface area contributed by atoms with Crippen molar-refractivity contribution in [1.29, 1.82) is 0 Å². The summed E-state index contributed by atoms with van der Waals surface area (Å²) in [6.45, 7) is 0. The van der Waals surface area contributed by atoms with Crippen LogP contribution in [0.3, 0.4) is 0 Å². The first-order valence-corrected chi connectivity index (χ1v) is 5.67. The Morgan fingerprint density at radius 2 is 1.85 bits per heavy atom. The number of ether oxygens (including phenoxy) is 2. The maximum absolute atomic E-state index is 11.9. The predicted molar refractivity (Wildman–Crippen MR) is 69.7 cm³/mol. The van der Waals surface area contributed by atoms with Gasteiger partial charge in [-0.25, -0.2) is 4.79 Å². The maximum Gasteiger partial charge on any atom is 0.373 e. The van der Waals surface area contributed by atoms with Gasteiger partial charge in [-0.15, -0.1) is 0 Å². The molecule has 0 saturated carbocycles. The number of benzene rings is 1. The SMILES string of the molecule is COC(=O)/C(O)=C/C(=O)CC(=O)c1ccccc1OC. The number of aliphatic hydroxyl groups excluding tert-OH is 1. The molecule has 0 heterocycles. The molecule has 0 atom stereocenters. The molecule has 0 bridgehead atoms. The van der Waals surface area contributed by atoms with Crippen LogP contribution in [0.1, 0.15) is 16.8 Å². The number of hydrogen-bond donors (Lipinski definition) is 1. The van der Waals surface area contributed by atoms with Gasteiger partial charge >= 0.3 is 5.97 Å². The van der Waals surface area contributed by atoms with Crippen molar-refractivity contribution in [2.24, 2.45) is 0 Å². The molecular weight excluding hydrogens is 264 g/mol. The van der Waals surface area contributed by atoms with Crippen molar-refractivity contribution in [2.45, 2.75) is 6.42 Å². The second kappa shape index (κ2) is 7.08. The van der Waals surface area contributed by atoms with E-state index >= 15 is 0 Å². The third kappa shape index (κ3) is 3.94. The smallest absolute Gasteiger partial charge is 0.373 e. The number of aliphatic hydroxyl groups is 1. The second-order valence-electron chi connectivity index (χ2n) is 3.79. The lowest BCUT2D eigenvalue weighted by molar-refractivity contribution is -0.139. The summed E-state index contributed by atoms with van der Waals surface area (Å²) in [4.78, 5) is 34.4. The van der Waals surface area contributed by atoms with Gasteiger partial charge in [0.25, 0.3) is 0 Å². The van der Waals surface area contributed by atoms with Crippen LogP contribution in [0, 0.1) is 0 Å². The van der Waals surface area contributed by atoms with Crippen LogP contribution in [0.2, 0.25) is 0 Å². The minimum Gasteiger partial charge on any atom is -0.502 e. The summed E-state index contributed by atoms with van der Waals surface area (Å²) in [5.41, 5.74) is 0.259. The molecule has 0 radical (unpaired) electrons. The van der Waals surface area contributed by atoms with Crippen molar-refractivity contribution < 1.29 is 29.0 Å². The monoisotopic (exact) mass is 278 g/mol. The van der Waals surface area contributed by atoms with Gasteiger partial charge in [-0.3, -0.25) is 9.59 Å². The third-order valence-corrected chi connectivity index (χ3v) is 2.43. The van der Waals surface area contributed by atoms with Gasteiger partial charge in [0, 0.05) is 6.08 Å². The highest BCUT2D eigenvalue weighted by Crippen LogP contribution is 2.19. The summed E-state index contributed by atoms with van der Waals surface area (Å²) >= 11 is 0. The van der Waals surface area contributed by atoms with E-state index in [1.165, 1.54) is 13.2 Å². The van der Waals surface area contributed by atoms with Gasteiger partial charge in [0.2, 0.25) is 5.76 Å². The summed E-state index contributed by atoms with van der Waals surface area (Å²) in [6.07, 6.45) is 0.181. The number of methoxy groups -OCH3 is 2. The van der Waals surface area contributed by atoms with Gasteiger partial charge in [-0.1, -0.05) is 12.1 Å². The zero-order valence-electron chi connectivity index (χ0n) is 11.1. The average Bonchev–Trinajstić information content (AvgIpc) is 2.45. The Hall–Kier alpha value is -2.63. The average molecular weight is 278 g/mol. The van der Waals surface area contributed by atoms with E-state index in [2.05, 4.69) is 4.74 Å². The minimum absolute atomic E-state index is 0.259. The fraction of sp³-hybridized carbons (Fsp3) is 0.214. The Bertz CT molecular complexity index is 559. The molecule has 0 fully saturated rings. The maximum atomic E-state index is 11.9. The van der Waals surface area contributed by atoms with Crippen molar-refractivity contribution in [3.05, 3.63) is 41.7 Å². The van der Waals surface area contributed by atoms with Gasteiger partial charge in [0.1, 0.15) is 5.75 Å². The van der Waals surface area contributed by atoms with Crippen molar-refractivity contribution in [1.82, 2.24) is 0 Å². The summed E-state index contributed by atoms with van der Waals surface area (Å²) in [5, 5.41) is 9.20. The Balaban J connectivity index is 2.81. The Morgan fingerprint density at radius 1 is 1.20 bits per heavy atom. The number of allylic oxidation sites excluding steroid dienone is 1. The normalized spacial score (nSPS) is 10.8. The second-order valence-corrected chi connectivity index (χ2v) is 3.79. The molecular formula is C14H14O6. The third-order valence-electron chi connectivity index (χ3n) is 2.43. The topological polar surface area (TPSA) is 89.9 Å². The lowest BCUT2D eigenvalue weighted by atomic mass is 10.0. The molecule has 0 unspecified atom stereocenters. The summed E-state index contributed by atoms with van der Waals surface area (Å²) in [7, 11) is 2.48. The number of para-hydroxylation sites is 1. The van der Waals surface area contributed by atoms with Crippen LogP contribution in [-0.2, 0) is 14.3 Å². The Kier molecular flexibility index (Phi) is 5.46. The van der Waals surface area contributed by atoms with Crippen molar-refractivity contribution >= 4 is 17.5 Å². The lowest BCUT2D eigenvalue weighted by Crippen LogP contribution is -2.11. The standard InChI is InChI=1S/C14H14O6/c1-19-13-6-4-3-5-10(13)11(16)7-9(15)8-12(17)14(18)20-2/h3-6,8,17H,7H2,1-2H3/b12-8-. The quantitative estimate of drug-likeness (QED) is 0.278. The molecule has 0 aliphatic carbocycles. The zero-order chi connectivity index (χ0) is 15.1. The van der Waals surface area contributed by atoms with E-state index in [1.807, 2.05) is 0 Å². The lowest BCUT2D eigenvalue weighted by Gasteiger charge is -2.05. The number of Topliss-reactive ketones (excluding diaryl/α,β-unsaturated/α-hetero) is 1. The molecule has 1 rings (SSSR count). The molecule has 0 amide bonds. The highest BCUT2D eigenvalue weighted by Gasteiger charge is 2.16. The van der Waals surface area contributed by atoms with Crippen LogP contribution in [0.4, 0.5) is 0 Å². The van der Waals surface area contributed by atoms with Crippen LogP contribution >= 0.6 is 0 Å². The van der Waals surface area contributed by atoms with Gasteiger partial charge in [0.15, 0.2) is 11.6 Å². The largest absolute Gasteiger partial charge is 0.502 e. The number of carbonyl (C=O) groups is 3. The molecule has 0 aliphatic heterocycles. The van der Waals surface area contributed by atoms with Crippen LogP contribution in [0.15, 0.2) is 36.1 Å². The Labute approximate surface area is 115 Å². The number of esters is 1. The van der Waals surface area contributed by atoms with Gasteiger partial charge in [0.05, 0.1) is 26.2 Å². The summed E-state index contributed by atoms with van der Waals surface area (Å²) in [5.74, 6) is -2.70. The molecule has 0 spiro atoms. The van der Waals surface area contributed by atoms with E-state index < -0.39 is 29.7 Å². The fourth-order valence-electron chi connectivity index (χ4n) is 1.50. The summed E-state index contributed by atoms with van der Waals surface area (Å²) in [6, 6.07) is 6.46. The first-order valence-electron chi connectivity index (χ1n) is 5.67. The molecule has 1 aromatic carbocycles. The highest BCUT2D eigenvalue weighted by atomic mass is 16.5. The minimum atomic E-state index is -1.04. The molecule has 1 aromatic rings. The number of rotatable bonds is 6. The highest BCUT2D eigenvalue weighted by molar-refractivity contribution is 6.13. The molecule has 1 N–H and O–H groups in total.